The molecule has 8 heteroatoms. The van der Waals surface area contributed by atoms with Crippen molar-refractivity contribution in [2.24, 2.45) is 0 Å². The van der Waals surface area contributed by atoms with E-state index >= 15 is 0 Å². The average Bonchev–Trinajstić information content (AvgIpc) is 3.47. The Morgan fingerprint density at radius 3 is 2.26 bits per heavy atom. The molecular formula is C26H26N2O5S. The van der Waals surface area contributed by atoms with Crippen LogP contribution < -0.4 is 9.64 Å². The van der Waals surface area contributed by atoms with Gasteiger partial charge >= 0.3 is 0 Å². The predicted octanol–water partition coefficient (Wildman–Crippen LogP) is 4.11. The zero-order valence-corrected chi connectivity index (χ0v) is 19.7. The van der Waals surface area contributed by atoms with Crippen LogP contribution in [-0.2, 0) is 19.6 Å². The SMILES string of the molecule is COc1ccc(N2C(=O)CC(N(C3CCCC3)S(=O)(=O)c3ccc4ccccc4c3)C2=O)cc1. The molecule has 1 heterocycles. The van der Waals surface area contributed by atoms with Crippen molar-refractivity contribution >= 4 is 38.3 Å². The maximum Gasteiger partial charge on any atom is 0.252 e. The number of fused-ring (bicyclic) bond motifs is 1. The smallest absolute Gasteiger partial charge is 0.252 e. The zero-order valence-electron chi connectivity index (χ0n) is 18.9. The molecular weight excluding hydrogens is 452 g/mol. The van der Waals surface area contributed by atoms with Crippen molar-refractivity contribution in [2.45, 2.75) is 49.1 Å². The fourth-order valence-electron chi connectivity index (χ4n) is 5.04. The van der Waals surface area contributed by atoms with Gasteiger partial charge in [-0.2, -0.15) is 4.31 Å². The molecule has 2 aliphatic rings. The lowest BCUT2D eigenvalue weighted by Crippen LogP contribution is -2.49. The predicted molar refractivity (Wildman–Crippen MR) is 129 cm³/mol. The molecule has 0 bridgehead atoms. The number of hydrogen-bond donors (Lipinski definition) is 0. The highest BCUT2D eigenvalue weighted by Gasteiger charge is 2.49. The highest BCUT2D eigenvalue weighted by molar-refractivity contribution is 7.89. The van der Waals surface area contributed by atoms with E-state index in [-0.39, 0.29) is 17.4 Å². The molecule has 0 aromatic heterocycles. The third-order valence-corrected chi connectivity index (χ3v) is 8.70. The first-order valence-electron chi connectivity index (χ1n) is 11.4. The van der Waals surface area contributed by atoms with E-state index in [1.54, 1.807) is 42.5 Å². The summed E-state index contributed by atoms with van der Waals surface area (Å²) in [7, 11) is -2.48. The Hall–Kier alpha value is -3.23. The van der Waals surface area contributed by atoms with Gasteiger partial charge < -0.3 is 4.74 Å². The van der Waals surface area contributed by atoms with E-state index in [2.05, 4.69) is 0 Å². The van der Waals surface area contributed by atoms with Crippen LogP contribution in [0.25, 0.3) is 10.8 Å². The second-order valence-corrected chi connectivity index (χ2v) is 10.6. The number of carbonyl (C=O) groups excluding carboxylic acids is 2. The van der Waals surface area contributed by atoms with Gasteiger partial charge in [-0.1, -0.05) is 43.2 Å². The maximum absolute atomic E-state index is 14.0. The summed E-state index contributed by atoms with van der Waals surface area (Å²) in [5.41, 5.74) is 0.410. The van der Waals surface area contributed by atoms with E-state index in [0.29, 0.717) is 24.3 Å². The van der Waals surface area contributed by atoms with Gasteiger partial charge in [0.25, 0.3) is 5.91 Å². The Bertz CT molecular complexity index is 1350. The van der Waals surface area contributed by atoms with E-state index in [4.69, 9.17) is 4.74 Å². The molecule has 2 fully saturated rings. The second-order valence-electron chi connectivity index (χ2n) is 8.77. The van der Waals surface area contributed by atoms with Crippen molar-refractivity contribution in [2.75, 3.05) is 12.0 Å². The highest BCUT2D eigenvalue weighted by Crippen LogP contribution is 2.36. The van der Waals surface area contributed by atoms with Crippen molar-refractivity contribution in [3.05, 3.63) is 66.7 Å². The normalized spacial score (nSPS) is 19.5. The average molecular weight is 479 g/mol. The van der Waals surface area contributed by atoms with E-state index in [0.717, 1.165) is 28.5 Å². The van der Waals surface area contributed by atoms with Gasteiger partial charge in [0.1, 0.15) is 11.8 Å². The molecule has 1 saturated heterocycles. The minimum Gasteiger partial charge on any atom is -0.497 e. The third-order valence-electron chi connectivity index (χ3n) is 6.74. The third kappa shape index (κ3) is 3.86. The van der Waals surface area contributed by atoms with Gasteiger partial charge in [0.05, 0.1) is 24.1 Å². The topological polar surface area (TPSA) is 84.0 Å². The summed E-state index contributed by atoms with van der Waals surface area (Å²) >= 11 is 0. The summed E-state index contributed by atoms with van der Waals surface area (Å²) in [6.07, 6.45) is 2.96. The molecule has 1 unspecified atom stereocenters. The molecule has 1 atom stereocenters. The molecule has 0 N–H and O–H groups in total. The second kappa shape index (κ2) is 8.85. The molecule has 3 aromatic rings. The van der Waals surface area contributed by atoms with Gasteiger partial charge in [0.15, 0.2) is 0 Å². The van der Waals surface area contributed by atoms with Gasteiger partial charge in [-0.3, -0.25) is 9.59 Å². The first kappa shape index (κ1) is 22.6. The van der Waals surface area contributed by atoms with Crippen molar-refractivity contribution in [1.82, 2.24) is 4.31 Å². The van der Waals surface area contributed by atoms with Crippen LogP contribution in [0, 0.1) is 0 Å². The Morgan fingerprint density at radius 2 is 1.59 bits per heavy atom. The van der Waals surface area contributed by atoms with Gasteiger partial charge in [-0.05, 0) is 60.0 Å². The van der Waals surface area contributed by atoms with Crippen molar-refractivity contribution in [3.8, 4) is 5.75 Å². The van der Waals surface area contributed by atoms with E-state index in [9.17, 15) is 18.0 Å². The summed E-state index contributed by atoms with van der Waals surface area (Å²) in [4.78, 5) is 27.7. The fourth-order valence-corrected chi connectivity index (χ4v) is 6.91. The molecule has 34 heavy (non-hydrogen) atoms. The van der Waals surface area contributed by atoms with Crippen LogP contribution >= 0.6 is 0 Å². The number of rotatable bonds is 6. The number of benzene rings is 3. The molecule has 1 saturated carbocycles. The molecule has 1 aliphatic carbocycles. The lowest BCUT2D eigenvalue weighted by atomic mass is 10.1. The molecule has 2 amide bonds. The molecule has 0 spiro atoms. The first-order chi connectivity index (χ1) is 16.4. The standard InChI is InChI=1S/C26H26N2O5S/c1-33-22-13-11-20(12-14-22)27-25(29)17-24(26(27)30)28(21-8-4-5-9-21)34(31,32)23-15-10-18-6-2-3-7-19(18)16-23/h2-3,6-7,10-16,21,24H,4-5,8-9,17H2,1H3. The van der Waals surface area contributed by atoms with Gasteiger partial charge in [0, 0.05) is 6.04 Å². The molecule has 5 rings (SSSR count). The number of hydrogen-bond acceptors (Lipinski definition) is 5. The van der Waals surface area contributed by atoms with E-state index in [1.165, 1.54) is 11.4 Å². The van der Waals surface area contributed by atoms with Gasteiger partial charge in [-0.25, -0.2) is 13.3 Å². The molecule has 0 radical (unpaired) electrons. The minimum absolute atomic E-state index is 0.140. The van der Waals surface area contributed by atoms with Gasteiger partial charge in [0.2, 0.25) is 15.9 Å². The van der Waals surface area contributed by atoms with Crippen LogP contribution in [-0.4, -0.2) is 43.7 Å². The Balaban J connectivity index is 1.54. The summed E-state index contributed by atoms with van der Waals surface area (Å²) in [5.74, 6) is -0.311. The van der Waals surface area contributed by atoms with Crippen molar-refractivity contribution < 1.29 is 22.7 Å². The number of anilines is 1. The summed E-state index contributed by atoms with van der Waals surface area (Å²) < 4.78 is 34.4. The van der Waals surface area contributed by atoms with Gasteiger partial charge in [-0.15, -0.1) is 0 Å². The summed E-state index contributed by atoms with van der Waals surface area (Å²) in [6, 6.07) is 17.8. The van der Waals surface area contributed by atoms with E-state index in [1.807, 2.05) is 24.3 Å². The van der Waals surface area contributed by atoms with Crippen LogP contribution in [0.2, 0.25) is 0 Å². The van der Waals surface area contributed by atoms with Crippen molar-refractivity contribution in [1.29, 1.82) is 0 Å². The van der Waals surface area contributed by atoms with Crippen LogP contribution in [0.3, 0.4) is 0 Å². The maximum atomic E-state index is 14.0. The van der Waals surface area contributed by atoms with Crippen LogP contribution in [0.5, 0.6) is 5.75 Å². The largest absolute Gasteiger partial charge is 0.497 e. The molecule has 7 nitrogen and oxygen atoms in total. The van der Waals surface area contributed by atoms with Crippen LogP contribution in [0.4, 0.5) is 5.69 Å². The molecule has 3 aromatic carbocycles. The molecule has 1 aliphatic heterocycles. The summed E-state index contributed by atoms with van der Waals surface area (Å²) in [6.45, 7) is 0. The Labute approximate surface area is 199 Å². The van der Waals surface area contributed by atoms with Crippen molar-refractivity contribution in [3.63, 3.8) is 0 Å². The quantitative estimate of drug-likeness (QED) is 0.498. The lowest BCUT2D eigenvalue weighted by molar-refractivity contribution is -0.122. The number of methoxy groups -OCH3 is 1. The fraction of sp³-hybridized carbons (Fsp3) is 0.308. The number of ether oxygens (including phenoxy) is 1. The number of carbonyl (C=O) groups is 2. The number of sulfonamides is 1. The highest BCUT2D eigenvalue weighted by atomic mass is 32.2. The Morgan fingerprint density at radius 1 is 0.912 bits per heavy atom. The minimum atomic E-state index is -4.02. The lowest BCUT2D eigenvalue weighted by Gasteiger charge is -2.32. The number of imide groups is 1. The first-order valence-corrected chi connectivity index (χ1v) is 12.9. The van der Waals surface area contributed by atoms with E-state index < -0.39 is 27.9 Å². The Kier molecular flexibility index (Phi) is 5.87. The van der Waals surface area contributed by atoms with Crippen LogP contribution in [0.15, 0.2) is 71.6 Å². The number of amides is 2. The summed E-state index contributed by atoms with van der Waals surface area (Å²) in [5, 5.41) is 1.75. The zero-order chi connectivity index (χ0) is 23.9. The van der Waals surface area contributed by atoms with Crippen LogP contribution in [0.1, 0.15) is 32.1 Å². The molecule has 176 valence electrons. The monoisotopic (exact) mass is 478 g/mol. The number of nitrogens with zero attached hydrogens (tertiary/aromatic N) is 2.